The van der Waals surface area contributed by atoms with Crippen LogP contribution in [0.5, 0.6) is 0 Å². The predicted octanol–water partition coefficient (Wildman–Crippen LogP) is 3.37. The average Bonchev–Trinajstić information content (AvgIpc) is 2.67. The second kappa shape index (κ2) is 4.18. The fourth-order valence-corrected chi connectivity index (χ4v) is 2.81. The molecule has 1 N–H and O–H groups in total. The molecule has 1 aromatic carbocycles. The van der Waals surface area contributed by atoms with Crippen LogP contribution in [-0.2, 0) is 6.54 Å². The molecule has 0 spiro atoms. The molecule has 0 amide bonds. The van der Waals surface area contributed by atoms with E-state index in [1.54, 1.807) is 0 Å². The van der Waals surface area contributed by atoms with Gasteiger partial charge in [0.25, 0.3) is 0 Å². The Morgan fingerprint density at radius 2 is 2.12 bits per heavy atom. The molecule has 0 saturated heterocycles. The normalized spacial score (nSPS) is 18.6. The highest BCUT2D eigenvalue weighted by Gasteiger charge is 2.22. The maximum absolute atomic E-state index is 4.68. The van der Waals surface area contributed by atoms with Crippen molar-refractivity contribution in [1.29, 1.82) is 0 Å². The first-order valence-corrected chi connectivity index (χ1v) is 6.60. The van der Waals surface area contributed by atoms with E-state index in [4.69, 9.17) is 0 Å². The zero-order valence-electron chi connectivity index (χ0n) is 9.65. The fourth-order valence-electron chi connectivity index (χ4n) is 2.15. The molecule has 3 rings (SSSR count). The molecule has 2 aromatic rings. The van der Waals surface area contributed by atoms with Crippen molar-refractivity contribution >= 4 is 21.7 Å². The van der Waals surface area contributed by atoms with Gasteiger partial charge in [-0.15, -0.1) is 0 Å². The van der Waals surface area contributed by atoms with E-state index in [0.717, 1.165) is 34.6 Å². The van der Waals surface area contributed by atoms with E-state index in [1.807, 2.05) is 18.2 Å². The van der Waals surface area contributed by atoms with Crippen LogP contribution in [-0.4, -0.2) is 16.3 Å². The molecule has 0 radical (unpaired) electrons. The maximum atomic E-state index is 4.68. The zero-order chi connectivity index (χ0) is 11.8. The molecule has 1 aliphatic rings. The van der Waals surface area contributed by atoms with E-state index in [9.17, 15) is 0 Å². The van der Waals surface area contributed by atoms with Crippen LogP contribution in [0.1, 0.15) is 6.92 Å². The standard InChI is InChI=1S/C13H14BrN3/c1-9-7-15-13-11(14)12(16-17(13)8-9)10-5-3-2-4-6-10/h2-6,9,15H,7-8H2,1H3. The van der Waals surface area contributed by atoms with Crippen molar-refractivity contribution in [2.24, 2.45) is 5.92 Å². The van der Waals surface area contributed by atoms with E-state index in [0.29, 0.717) is 5.92 Å². The largest absolute Gasteiger partial charge is 0.369 e. The molecule has 1 atom stereocenters. The van der Waals surface area contributed by atoms with Crippen LogP contribution in [0.15, 0.2) is 34.8 Å². The minimum absolute atomic E-state index is 0.623. The first-order valence-electron chi connectivity index (χ1n) is 5.81. The Labute approximate surface area is 109 Å². The van der Waals surface area contributed by atoms with E-state index in [2.05, 4.69) is 50.1 Å². The molecule has 2 heterocycles. The van der Waals surface area contributed by atoms with Crippen molar-refractivity contribution in [2.75, 3.05) is 11.9 Å². The minimum Gasteiger partial charge on any atom is -0.369 e. The molecule has 1 unspecified atom stereocenters. The lowest BCUT2D eigenvalue weighted by atomic mass is 10.1. The lowest BCUT2D eigenvalue weighted by molar-refractivity contribution is 0.445. The van der Waals surface area contributed by atoms with E-state index in [-0.39, 0.29) is 0 Å². The van der Waals surface area contributed by atoms with E-state index >= 15 is 0 Å². The molecule has 88 valence electrons. The Hall–Kier alpha value is -1.29. The molecular weight excluding hydrogens is 278 g/mol. The topological polar surface area (TPSA) is 29.9 Å². The third kappa shape index (κ3) is 1.86. The Bertz CT molecular complexity index is 533. The highest BCUT2D eigenvalue weighted by atomic mass is 79.9. The van der Waals surface area contributed by atoms with Gasteiger partial charge >= 0.3 is 0 Å². The number of anilines is 1. The summed E-state index contributed by atoms with van der Waals surface area (Å²) in [5.41, 5.74) is 2.16. The van der Waals surface area contributed by atoms with Crippen LogP contribution in [0.2, 0.25) is 0 Å². The summed E-state index contributed by atoms with van der Waals surface area (Å²) in [6.45, 7) is 4.22. The molecule has 1 aromatic heterocycles. The van der Waals surface area contributed by atoms with Crippen LogP contribution in [0.3, 0.4) is 0 Å². The number of benzene rings is 1. The van der Waals surface area contributed by atoms with Crippen LogP contribution < -0.4 is 5.32 Å². The van der Waals surface area contributed by atoms with Gasteiger partial charge in [-0.2, -0.15) is 5.10 Å². The van der Waals surface area contributed by atoms with Gasteiger partial charge in [-0.1, -0.05) is 37.3 Å². The van der Waals surface area contributed by atoms with Crippen molar-refractivity contribution in [3.63, 3.8) is 0 Å². The van der Waals surface area contributed by atoms with Crippen LogP contribution in [0.4, 0.5) is 5.82 Å². The summed E-state index contributed by atoms with van der Waals surface area (Å²) in [4.78, 5) is 0. The van der Waals surface area contributed by atoms with Crippen molar-refractivity contribution in [1.82, 2.24) is 9.78 Å². The van der Waals surface area contributed by atoms with Gasteiger partial charge in [-0.05, 0) is 21.8 Å². The molecule has 0 aliphatic carbocycles. The molecule has 17 heavy (non-hydrogen) atoms. The smallest absolute Gasteiger partial charge is 0.139 e. The van der Waals surface area contributed by atoms with Gasteiger partial charge < -0.3 is 5.32 Å². The van der Waals surface area contributed by atoms with Gasteiger partial charge in [0.05, 0.1) is 4.47 Å². The molecule has 1 aliphatic heterocycles. The molecule has 0 saturated carbocycles. The number of hydrogen-bond acceptors (Lipinski definition) is 2. The number of halogens is 1. The lowest BCUT2D eigenvalue weighted by Gasteiger charge is -2.21. The Balaban J connectivity index is 2.08. The van der Waals surface area contributed by atoms with Crippen LogP contribution >= 0.6 is 15.9 Å². The van der Waals surface area contributed by atoms with Gasteiger partial charge in [0.15, 0.2) is 0 Å². The number of rotatable bonds is 1. The average molecular weight is 292 g/mol. The van der Waals surface area contributed by atoms with Gasteiger partial charge in [0.1, 0.15) is 11.5 Å². The third-order valence-corrected chi connectivity index (χ3v) is 3.80. The predicted molar refractivity (Wildman–Crippen MR) is 73.0 cm³/mol. The van der Waals surface area contributed by atoms with Crippen molar-refractivity contribution in [2.45, 2.75) is 13.5 Å². The first kappa shape index (κ1) is 10.8. The zero-order valence-corrected chi connectivity index (χ0v) is 11.2. The molecule has 0 bridgehead atoms. The fraction of sp³-hybridized carbons (Fsp3) is 0.308. The van der Waals surface area contributed by atoms with Crippen LogP contribution in [0, 0.1) is 5.92 Å². The molecular formula is C13H14BrN3. The number of nitrogens with one attached hydrogen (secondary N) is 1. The second-order valence-corrected chi connectivity index (χ2v) is 5.34. The lowest BCUT2D eigenvalue weighted by Crippen LogP contribution is -2.25. The molecule has 4 heteroatoms. The van der Waals surface area contributed by atoms with E-state index in [1.165, 1.54) is 0 Å². The Morgan fingerprint density at radius 3 is 2.88 bits per heavy atom. The number of aromatic nitrogens is 2. The summed E-state index contributed by atoms with van der Waals surface area (Å²) in [7, 11) is 0. The first-order chi connectivity index (χ1) is 8.25. The second-order valence-electron chi connectivity index (χ2n) is 4.55. The monoisotopic (exact) mass is 291 g/mol. The van der Waals surface area contributed by atoms with Crippen molar-refractivity contribution in [3.8, 4) is 11.3 Å². The minimum atomic E-state index is 0.623. The number of nitrogens with zero attached hydrogens (tertiary/aromatic N) is 2. The molecule has 0 fully saturated rings. The highest BCUT2D eigenvalue weighted by molar-refractivity contribution is 9.10. The van der Waals surface area contributed by atoms with E-state index < -0.39 is 0 Å². The maximum Gasteiger partial charge on any atom is 0.139 e. The summed E-state index contributed by atoms with van der Waals surface area (Å²) in [5.74, 6) is 1.72. The number of fused-ring (bicyclic) bond motifs is 1. The van der Waals surface area contributed by atoms with Crippen molar-refractivity contribution < 1.29 is 0 Å². The quantitative estimate of drug-likeness (QED) is 0.873. The number of hydrogen-bond donors (Lipinski definition) is 1. The van der Waals surface area contributed by atoms with Crippen LogP contribution in [0.25, 0.3) is 11.3 Å². The van der Waals surface area contributed by atoms with Crippen molar-refractivity contribution in [3.05, 3.63) is 34.8 Å². The summed E-state index contributed by atoms with van der Waals surface area (Å²) in [6, 6.07) is 10.3. The molecule has 3 nitrogen and oxygen atoms in total. The van der Waals surface area contributed by atoms with Gasteiger partial charge in [-0.25, -0.2) is 4.68 Å². The van der Waals surface area contributed by atoms with Gasteiger partial charge in [-0.3, -0.25) is 0 Å². The summed E-state index contributed by atoms with van der Waals surface area (Å²) in [5, 5.41) is 8.10. The van der Waals surface area contributed by atoms with Gasteiger partial charge in [0, 0.05) is 18.7 Å². The summed E-state index contributed by atoms with van der Waals surface area (Å²) in [6.07, 6.45) is 0. The third-order valence-electron chi connectivity index (χ3n) is 3.04. The Kier molecular flexibility index (Phi) is 2.67. The summed E-state index contributed by atoms with van der Waals surface area (Å²) < 4.78 is 3.12. The highest BCUT2D eigenvalue weighted by Crippen LogP contribution is 2.35. The van der Waals surface area contributed by atoms with Gasteiger partial charge in [0.2, 0.25) is 0 Å². The Morgan fingerprint density at radius 1 is 1.35 bits per heavy atom. The summed E-state index contributed by atoms with van der Waals surface area (Å²) >= 11 is 3.65. The SMILES string of the molecule is CC1CNc2c(Br)c(-c3ccccc3)nn2C1.